The van der Waals surface area contributed by atoms with Crippen molar-refractivity contribution in [1.29, 1.82) is 0 Å². The van der Waals surface area contributed by atoms with Crippen LogP contribution in [0.3, 0.4) is 0 Å². The van der Waals surface area contributed by atoms with E-state index in [1.165, 1.54) is 19.5 Å². The Labute approximate surface area is 226 Å². The highest BCUT2D eigenvalue weighted by Crippen LogP contribution is 2.34. The highest BCUT2D eigenvalue weighted by molar-refractivity contribution is 7.91. The van der Waals surface area contributed by atoms with E-state index in [0.717, 1.165) is 11.3 Å². The van der Waals surface area contributed by atoms with Crippen molar-refractivity contribution in [2.24, 2.45) is 0 Å². The second-order valence-electron chi connectivity index (χ2n) is 9.06. The van der Waals surface area contributed by atoms with Crippen LogP contribution >= 0.6 is 11.6 Å². The maximum absolute atomic E-state index is 13.7. The van der Waals surface area contributed by atoms with Crippen molar-refractivity contribution in [3.8, 4) is 11.5 Å². The van der Waals surface area contributed by atoms with Gasteiger partial charge in [-0.2, -0.15) is 0 Å². The van der Waals surface area contributed by atoms with Gasteiger partial charge in [0.2, 0.25) is 0 Å². The van der Waals surface area contributed by atoms with Gasteiger partial charge in [-0.1, -0.05) is 29.7 Å². The van der Waals surface area contributed by atoms with E-state index in [2.05, 4.69) is 30.3 Å². The van der Waals surface area contributed by atoms with Crippen molar-refractivity contribution in [2.45, 2.75) is 64.2 Å². The van der Waals surface area contributed by atoms with Crippen LogP contribution in [0.5, 0.6) is 0 Å². The minimum Gasteiger partial charge on any atom is -0.372 e. The van der Waals surface area contributed by atoms with Gasteiger partial charge >= 0.3 is 0 Å². The molecule has 0 radical (unpaired) electrons. The molecule has 0 spiro atoms. The van der Waals surface area contributed by atoms with Crippen molar-refractivity contribution in [1.82, 2.24) is 34.9 Å². The van der Waals surface area contributed by atoms with Crippen LogP contribution < -0.4 is 0 Å². The summed E-state index contributed by atoms with van der Waals surface area (Å²) >= 11 is 5.91. The van der Waals surface area contributed by atoms with Gasteiger partial charge in [0.25, 0.3) is 0 Å². The van der Waals surface area contributed by atoms with Gasteiger partial charge in [0.05, 0.1) is 22.0 Å². The Bertz CT molecular complexity index is 1500. The lowest BCUT2D eigenvalue weighted by Crippen LogP contribution is -2.30. The normalized spacial score (nSPS) is 14.4. The van der Waals surface area contributed by atoms with Crippen LogP contribution in [-0.4, -0.2) is 55.7 Å². The average molecular weight is 560 g/mol. The lowest BCUT2D eigenvalue weighted by Gasteiger charge is -2.24. The molecule has 0 unspecified atom stereocenters. The Morgan fingerprint density at radius 2 is 1.84 bits per heavy atom. The molecule has 0 aliphatic carbocycles. The van der Waals surface area contributed by atoms with Crippen LogP contribution in [-0.2, 0) is 20.3 Å². The first-order valence-corrected chi connectivity index (χ1v) is 14.2. The van der Waals surface area contributed by atoms with Gasteiger partial charge in [-0.25, -0.2) is 23.4 Å². The molecule has 0 fully saturated rings. The van der Waals surface area contributed by atoms with E-state index in [4.69, 9.17) is 20.9 Å². The Hall–Kier alpha value is -3.22. The number of methoxy groups -OCH3 is 1. The molecule has 0 aliphatic rings. The number of pyridine rings is 1. The monoisotopic (exact) mass is 559 g/mol. The first-order valence-electron chi connectivity index (χ1n) is 12.1. The van der Waals surface area contributed by atoms with Crippen LogP contribution in [0, 0.1) is 20.8 Å². The molecule has 0 amide bonds. The largest absolute Gasteiger partial charge is 0.372 e. The zero-order valence-electron chi connectivity index (χ0n) is 22.1. The molecule has 3 atom stereocenters. The third-order valence-electron chi connectivity index (χ3n) is 6.48. The van der Waals surface area contributed by atoms with Gasteiger partial charge in [0.1, 0.15) is 29.1 Å². The molecular formula is C25H30ClN7O4S. The molecule has 4 rings (SSSR count). The summed E-state index contributed by atoms with van der Waals surface area (Å²) in [5.74, 6) is 1.21. The smallest absolute Gasteiger partial charge is 0.183 e. The zero-order chi connectivity index (χ0) is 27.6. The number of aryl methyl sites for hydroxylation is 3. The highest BCUT2D eigenvalue weighted by atomic mass is 35.5. The fourth-order valence-corrected chi connectivity index (χ4v) is 6.08. The lowest BCUT2D eigenvalue weighted by molar-refractivity contribution is 0.0948. The quantitative estimate of drug-likeness (QED) is 0.275. The van der Waals surface area contributed by atoms with E-state index in [0.29, 0.717) is 34.4 Å². The van der Waals surface area contributed by atoms with Crippen molar-refractivity contribution in [2.75, 3.05) is 7.11 Å². The van der Waals surface area contributed by atoms with Crippen LogP contribution in [0.2, 0.25) is 5.02 Å². The number of ether oxygens (including phenoxy) is 1. The second kappa shape index (κ2) is 11.3. The van der Waals surface area contributed by atoms with Crippen molar-refractivity contribution < 1.29 is 17.7 Å². The maximum atomic E-state index is 13.7. The van der Waals surface area contributed by atoms with Crippen molar-refractivity contribution in [3.63, 3.8) is 0 Å². The number of aromatic nitrogens is 7. The third-order valence-corrected chi connectivity index (χ3v) is 8.71. The Balaban J connectivity index is 1.80. The minimum absolute atomic E-state index is 0.223. The predicted molar refractivity (Wildman–Crippen MR) is 141 cm³/mol. The molecule has 202 valence electrons. The standard InChI is InChI=1S/C25H30ClN7O4S/c1-7-20(22-15(3)32-37-16(22)4)33-21(30-31-25(33)19-10-8-9-14(2)29-19)13-38(34,35)17(5)23(36-6)24-27-11-18(26)12-28-24/h8-12,17,20,23H,7,13H2,1-6H3/t17-,20-,23-/m0/s1. The molecule has 38 heavy (non-hydrogen) atoms. The summed E-state index contributed by atoms with van der Waals surface area (Å²) in [5, 5.41) is 12.2. The summed E-state index contributed by atoms with van der Waals surface area (Å²) < 4.78 is 40.3. The number of nitrogens with zero attached hydrogens (tertiary/aromatic N) is 7. The molecule has 0 N–H and O–H groups in total. The number of sulfone groups is 1. The molecule has 4 heterocycles. The topological polar surface area (TPSA) is 139 Å². The van der Waals surface area contributed by atoms with Crippen molar-refractivity contribution in [3.05, 3.63) is 70.0 Å². The average Bonchev–Trinajstić information content (AvgIpc) is 3.44. The fraction of sp³-hybridized carbons (Fsp3) is 0.440. The highest BCUT2D eigenvalue weighted by Gasteiger charge is 2.36. The number of hydrogen-bond donors (Lipinski definition) is 0. The molecule has 0 saturated carbocycles. The molecule has 4 aromatic rings. The second-order valence-corrected chi connectivity index (χ2v) is 11.9. The van der Waals surface area contributed by atoms with Gasteiger partial charge < -0.3 is 13.8 Å². The van der Waals surface area contributed by atoms with E-state index < -0.39 is 21.2 Å². The third kappa shape index (κ3) is 5.47. The zero-order valence-corrected chi connectivity index (χ0v) is 23.7. The molecular weight excluding hydrogens is 530 g/mol. The van der Waals surface area contributed by atoms with Gasteiger partial charge in [-0.05, 0) is 46.2 Å². The van der Waals surface area contributed by atoms with E-state index in [9.17, 15) is 8.42 Å². The van der Waals surface area contributed by atoms with Crippen LogP contribution in [0.4, 0.5) is 0 Å². The lowest BCUT2D eigenvalue weighted by atomic mass is 10.0. The van der Waals surface area contributed by atoms with Crippen molar-refractivity contribution >= 4 is 21.4 Å². The predicted octanol–water partition coefficient (Wildman–Crippen LogP) is 4.39. The van der Waals surface area contributed by atoms with E-state index in [1.807, 2.05) is 50.5 Å². The summed E-state index contributed by atoms with van der Waals surface area (Å²) in [6.07, 6.45) is 2.52. The van der Waals surface area contributed by atoms with E-state index in [-0.39, 0.29) is 23.4 Å². The molecule has 4 aromatic heterocycles. The maximum Gasteiger partial charge on any atom is 0.183 e. The Morgan fingerprint density at radius 1 is 1.13 bits per heavy atom. The van der Waals surface area contributed by atoms with Crippen LogP contribution in [0.25, 0.3) is 11.5 Å². The Kier molecular flexibility index (Phi) is 8.24. The first kappa shape index (κ1) is 27.8. The SMILES string of the molecule is CC[C@@H](c1c(C)noc1C)n1c(CS(=O)(=O)[C@@H](C)[C@H](OC)c2ncc(Cl)cn2)nnc1-c1cccc(C)n1. The van der Waals surface area contributed by atoms with Crippen LogP contribution in [0.1, 0.15) is 66.8 Å². The summed E-state index contributed by atoms with van der Waals surface area (Å²) in [6, 6.07) is 5.26. The van der Waals surface area contributed by atoms with Gasteiger partial charge in [-0.3, -0.25) is 0 Å². The molecule has 0 saturated heterocycles. The van der Waals surface area contributed by atoms with Gasteiger partial charge in [0.15, 0.2) is 21.5 Å². The van der Waals surface area contributed by atoms with Crippen LogP contribution in [0.15, 0.2) is 35.1 Å². The van der Waals surface area contributed by atoms with Gasteiger partial charge in [-0.15, -0.1) is 10.2 Å². The number of hydrogen-bond acceptors (Lipinski definition) is 10. The van der Waals surface area contributed by atoms with E-state index >= 15 is 0 Å². The molecule has 11 nitrogen and oxygen atoms in total. The molecule has 0 aliphatic heterocycles. The summed E-state index contributed by atoms with van der Waals surface area (Å²) in [7, 11) is -2.41. The number of rotatable bonds is 10. The minimum atomic E-state index is -3.83. The molecule has 0 aromatic carbocycles. The van der Waals surface area contributed by atoms with E-state index in [1.54, 1.807) is 6.92 Å². The van der Waals surface area contributed by atoms with Gasteiger partial charge in [0, 0.05) is 30.8 Å². The number of halogens is 1. The summed E-state index contributed by atoms with van der Waals surface area (Å²) in [6.45, 7) is 9.14. The fourth-order valence-electron chi connectivity index (χ4n) is 4.55. The molecule has 13 heteroatoms. The first-order chi connectivity index (χ1) is 18.1. The Morgan fingerprint density at radius 3 is 2.42 bits per heavy atom. The summed E-state index contributed by atoms with van der Waals surface area (Å²) in [4.78, 5) is 12.9. The molecule has 0 bridgehead atoms. The summed E-state index contributed by atoms with van der Waals surface area (Å²) in [5.41, 5.74) is 2.96.